The summed E-state index contributed by atoms with van der Waals surface area (Å²) in [6, 6.07) is 11.1. The molecule has 1 aliphatic heterocycles. The summed E-state index contributed by atoms with van der Waals surface area (Å²) in [6.07, 6.45) is 2.72. The average Bonchev–Trinajstić information content (AvgIpc) is 2.90. The van der Waals surface area contributed by atoms with Gasteiger partial charge in [0.05, 0.1) is 0 Å². The molecule has 1 heterocycles. The zero-order valence-corrected chi connectivity index (χ0v) is 12.3. The minimum absolute atomic E-state index is 0.144. The summed E-state index contributed by atoms with van der Waals surface area (Å²) in [5.41, 5.74) is 7.52. The van der Waals surface area contributed by atoms with Crippen molar-refractivity contribution in [3.63, 3.8) is 0 Å². The molecule has 2 atom stereocenters. The minimum Gasteiger partial charge on any atom is -0.326 e. The van der Waals surface area contributed by atoms with Crippen LogP contribution in [0.2, 0.25) is 0 Å². The molecule has 0 bridgehead atoms. The maximum Gasteiger partial charge on any atom is 0.0494 e. The molecule has 0 radical (unpaired) electrons. The lowest BCUT2D eigenvalue weighted by atomic mass is 10.00. The fourth-order valence-corrected chi connectivity index (χ4v) is 3.05. The summed E-state index contributed by atoms with van der Waals surface area (Å²) in [6.45, 7) is 6.88. The molecule has 3 heteroatoms. The monoisotopic (exact) mass is 261 g/mol. The van der Waals surface area contributed by atoms with Crippen LogP contribution in [0.3, 0.4) is 0 Å². The molecular weight excluding hydrogens is 234 g/mol. The van der Waals surface area contributed by atoms with Crippen LogP contribution < -0.4 is 5.73 Å². The van der Waals surface area contributed by atoms with Crippen molar-refractivity contribution in [1.29, 1.82) is 0 Å². The third kappa shape index (κ3) is 4.03. The van der Waals surface area contributed by atoms with E-state index in [1.165, 1.54) is 31.5 Å². The second-order valence-corrected chi connectivity index (χ2v) is 5.74. The summed E-state index contributed by atoms with van der Waals surface area (Å²) in [7, 11) is 2.19. The molecule has 0 spiro atoms. The summed E-state index contributed by atoms with van der Waals surface area (Å²) < 4.78 is 0. The fraction of sp³-hybridized carbons (Fsp3) is 0.625. The van der Waals surface area contributed by atoms with E-state index in [1.54, 1.807) is 0 Å². The zero-order chi connectivity index (χ0) is 13.7. The van der Waals surface area contributed by atoms with Crippen molar-refractivity contribution < 1.29 is 0 Å². The number of hydrogen-bond acceptors (Lipinski definition) is 3. The van der Waals surface area contributed by atoms with Gasteiger partial charge in [0.1, 0.15) is 0 Å². The Morgan fingerprint density at radius 2 is 1.84 bits per heavy atom. The number of likely N-dealkylation sites (N-methyl/N-ethyl adjacent to an activating group) is 1. The maximum atomic E-state index is 6.20. The first kappa shape index (κ1) is 14.5. The molecule has 2 N–H and O–H groups in total. The highest BCUT2D eigenvalue weighted by Crippen LogP contribution is 2.22. The Balaban J connectivity index is 1.94. The van der Waals surface area contributed by atoms with E-state index in [4.69, 9.17) is 5.73 Å². The van der Waals surface area contributed by atoms with Gasteiger partial charge in [-0.05, 0) is 45.5 Å². The first-order chi connectivity index (χ1) is 9.18. The molecule has 1 aliphatic rings. The molecule has 2 unspecified atom stereocenters. The Bertz CT molecular complexity index is 358. The predicted octanol–water partition coefficient (Wildman–Crippen LogP) is 2.10. The van der Waals surface area contributed by atoms with Gasteiger partial charge < -0.3 is 10.6 Å². The van der Waals surface area contributed by atoms with Crippen LogP contribution in [0.5, 0.6) is 0 Å². The molecule has 2 rings (SSSR count). The van der Waals surface area contributed by atoms with Crippen LogP contribution in [-0.4, -0.2) is 49.1 Å². The van der Waals surface area contributed by atoms with Gasteiger partial charge in [0.25, 0.3) is 0 Å². The first-order valence-electron chi connectivity index (χ1n) is 7.41. The van der Waals surface area contributed by atoms with Crippen LogP contribution in [0.4, 0.5) is 0 Å². The smallest absolute Gasteiger partial charge is 0.0494 e. The summed E-state index contributed by atoms with van der Waals surface area (Å²) in [5, 5.41) is 0. The highest BCUT2D eigenvalue weighted by atomic mass is 15.2. The lowest BCUT2D eigenvalue weighted by molar-refractivity contribution is 0.189. The quantitative estimate of drug-likeness (QED) is 0.851. The van der Waals surface area contributed by atoms with Crippen LogP contribution in [0.25, 0.3) is 0 Å². The van der Waals surface area contributed by atoms with Crippen LogP contribution in [-0.2, 0) is 0 Å². The molecule has 1 saturated heterocycles. The summed E-state index contributed by atoms with van der Waals surface area (Å²) >= 11 is 0. The number of nitrogens with zero attached hydrogens (tertiary/aromatic N) is 2. The summed E-state index contributed by atoms with van der Waals surface area (Å²) in [5.74, 6) is 0. The van der Waals surface area contributed by atoms with E-state index < -0.39 is 0 Å². The summed E-state index contributed by atoms with van der Waals surface area (Å²) in [4.78, 5) is 4.96. The molecule has 3 nitrogen and oxygen atoms in total. The Morgan fingerprint density at radius 1 is 1.21 bits per heavy atom. The first-order valence-corrected chi connectivity index (χ1v) is 7.41. The van der Waals surface area contributed by atoms with Crippen molar-refractivity contribution in [3.05, 3.63) is 35.9 Å². The number of benzene rings is 1. The second kappa shape index (κ2) is 7.04. The van der Waals surface area contributed by atoms with Gasteiger partial charge in [-0.3, -0.25) is 4.90 Å². The van der Waals surface area contributed by atoms with Crippen molar-refractivity contribution >= 4 is 0 Å². The molecule has 1 aromatic rings. The normalized spacial score (nSPS) is 19.8. The van der Waals surface area contributed by atoms with Crippen molar-refractivity contribution in [2.24, 2.45) is 5.73 Å². The molecule has 0 saturated carbocycles. The number of nitrogens with two attached hydrogens (primary N) is 1. The second-order valence-electron chi connectivity index (χ2n) is 5.74. The molecule has 19 heavy (non-hydrogen) atoms. The lowest BCUT2D eigenvalue weighted by Crippen LogP contribution is -2.40. The third-order valence-corrected chi connectivity index (χ3v) is 4.08. The highest BCUT2D eigenvalue weighted by Gasteiger charge is 2.21. The van der Waals surface area contributed by atoms with Gasteiger partial charge in [-0.15, -0.1) is 0 Å². The van der Waals surface area contributed by atoms with Crippen LogP contribution >= 0.6 is 0 Å². The van der Waals surface area contributed by atoms with Gasteiger partial charge >= 0.3 is 0 Å². The number of hydrogen-bond donors (Lipinski definition) is 1. The fourth-order valence-electron chi connectivity index (χ4n) is 3.05. The van der Waals surface area contributed by atoms with Gasteiger partial charge in [0.2, 0.25) is 0 Å². The Labute approximate surface area is 117 Å². The minimum atomic E-state index is 0.144. The van der Waals surface area contributed by atoms with E-state index >= 15 is 0 Å². The standard InChI is InChI=1S/C16H27N3/c1-14(17)16(15-8-4-3-5-9-15)18(2)12-13-19-10-6-7-11-19/h3-5,8-9,14,16H,6-7,10-13,17H2,1-2H3. The number of rotatable bonds is 6. The molecule has 0 aliphatic carbocycles. The van der Waals surface area contributed by atoms with Gasteiger partial charge in [-0.2, -0.15) is 0 Å². The third-order valence-electron chi connectivity index (χ3n) is 4.08. The molecule has 0 aromatic heterocycles. The number of likely N-dealkylation sites (tertiary alicyclic amines) is 1. The largest absolute Gasteiger partial charge is 0.326 e. The van der Waals surface area contributed by atoms with Crippen molar-refractivity contribution in [2.75, 3.05) is 33.2 Å². The van der Waals surface area contributed by atoms with E-state index in [9.17, 15) is 0 Å². The van der Waals surface area contributed by atoms with Gasteiger partial charge in [-0.25, -0.2) is 0 Å². The Kier molecular flexibility index (Phi) is 5.37. The van der Waals surface area contributed by atoms with Crippen molar-refractivity contribution in [2.45, 2.75) is 31.8 Å². The molecule has 1 aromatic carbocycles. The van der Waals surface area contributed by atoms with Crippen LogP contribution in [0.1, 0.15) is 31.4 Å². The van der Waals surface area contributed by atoms with E-state index in [-0.39, 0.29) is 6.04 Å². The average molecular weight is 261 g/mol. The topological polar surface area (TPSA) is 32.5 Å². The Morgan fingerprint density at radius 3 is 2.42 bits per heavy atom. The highest BCUT2D eigenvalue weighted by molar-refractivity contribution is 5.20. The predicted molar refractivity (Wildman–Crippen MR) is 81.1 cm³/mol. The molecular formula is C16H27N3. The van der Waals surface area contributed by atoms with Gasteiger partial charge in [0, 0.05) is 25.2 Å². The van der Waals surface area contributed by atoms with E-state index in [0.29, 0.717) is 6.04 Å². The Hall–Kier alpha value is -0.900. The van der Waals surface area contributed by atoms with E-state index in [0.717, 1.165) is 13.1 Å². The maximum absolute atomic E-state index is 6.20. The zero-order valence-electron chi connectivity index (χ0n) is 12.3. The van der Waals surface area contributed by atoms with Crippen molar-refractivity contribution in [1.82, 2.24) is 9.80 Å². The molecule has 1 fully saturated rings. The molecule has 0 amide bonds. The van der Waals surface area contributed by atoms with E-state index in [1.807, 2.05) is 0 Å². The lowest BCUT2D eigenvalue weighted by Gasteiger charge is -2.32. The van der Waals surface area contributed by atoms with Crippen molar-refractivity contribution in [3.8, 4) is 0 Å². The van der Waals surface area contributed by atoms with Crippen LogP contribution in [0, 0.1) is 0 Å². The van der Waals surface area contributed by atoms with E-state index in [2.05, 4.69) is 54.1 Å². The molecule has 106 valence electrons. The van der Waals surface area contributed by atoms with Crippen LogP contribution in [0.15, 0.2) is 30.3 Å². The van der Waals surface area contributed by atoms with Gasteiger partial charge in [0.15, 0.2) is 0 Å². The SMILES string of the molecule is CC(N)C(c1ccccc1)N(C)CCN1CCCC1. The van der Waals surface area contributed by atoms with Gasteiger partial charge in [-0.1, -0.05) is 30.3 Å².